The topological polar surface area (TPSA) is 49.9 Å². The molecule has 0 aromatic heterocycles. The molecule has 5 nitrogen and oxygen atoms in total. The van der Waals surface area contributed by atoms with E-state index in [-0.39, 0.29) is 24.5 Å². The summed E-state index contributed by atoms with van der Waals surface area (Å²) in [7, 11) is 3.41. The van der Waals surface area contributed by atoms with Crippen LogP contribution in [-0.2, 0) is 14.3 Å². The molecule has 1 unspecified atom stereocenters. The summed E-state index contributed by atoms with van der Waals surface area (Å²) in [6, 6.07) is -0.301. The Bertz CT molecular complexity index is 241. The van der Waals surface area contributed by atoms with Crippen molar-refractivity contribution in [1.29, 1.82) is 0 Å². The van der Waals surface area contributed by atoms with Crippen LogP contribution in [0, 0.1) is 0 Å². The molecule has 0 saturated heterocycles. The van der Waals surface area contributed by atoms with Gasteiger partial charge in [0.05, 0.1) is 19.2 Å². The molecule has 0 aliphatic heterocycles. The first-order valence-electron chi connectivity index (χ1n) is 5.54. The van der Waals surface area contributed by atoms with Gasteiger partial charge in [-0.05, 0) is 20.4 Å². The van der Waals surface area contributed by atoms with Crippen molar-refractivity contribution in [2.45, 2.75) is 26.8 Å². The molecule has 0 bridgehead atoms. The van der Waals surface area contributed by atoms with Crippen LogP contribution in [0.3, 0.4) is 0 Å². The van der Waals surface area contributed by atoms with Crippen LogP contribution in [0.2, 0.25) is 0 Å². The number of ether oxygens (including phenoxy) is 1. The highest BCUT2D eigenvalue weighted by Gasteiger charge is 2.23. The molecule has 1 atom stereocenters. The molecule has 5 heteroatoms. The van der Waals surface area contributed by atoms with Gasteiger partial charge in [0, 0.05) is 14.1 Å². The first-order valence-corrected chi connectivity index (χ1v) is 5.54. The zero-order valence-electron chi connectivity index (χ0n) is 10.8. The van der Waals surface area contributed by atoms with Gasteiger partial charge in [-0.25, -0.2) is 0 Å². The van der Waals surface area contributed by atoms with Crippen molar-refractivity contribution in [3.05, 3.63) is 0 Å². The lowest BCUT2D eigenvalue weighted by molar-refractivity contribution is -0.146. The number of esters is 1. The minimum Gasteiger partial charge on any atom is -0.465 e. The van der Waals surface area contributed by atoms with Gasteiger partial charge in [0.15, 0.2) is 0 Å². The maximum absolute atomic E-state index is 11.7. The minimum absolute atomic E-state index is 0.00820. The number of rotatable bonds is 6. The molecule has 0 saturated carbocycles. The molecule has 94 valence electrons. The summed E-state index contributed by atoms with van der Waals surface area (Å²) in [6.07, 6.45) is 0. The molecule has 0 radical (unpaired) electrons. The second-order valence-electron chi connectivity index (χ2n) is 3.78. The monoisotopic (exact) mass is 230 g/mol. The summed E-state index contributed by atoms with van der Waals surface area (Å²) in [5.41, 5.74) is 0. The Hall–Kier alpha value is -1.10. The fourth-order valence-corrected chi connectivity index (χ4v) is 1.42. The smallest absolute Gasteiger partial charge is 0.320 e. The highest BCUT2D eigenvalue weighted by molar-refractivity contribution is 5.82. The van der Waals surface area contributed by atoms with Crippen molar-refractivity contribution in [2.24, 2.45) is 0 Å². The minimum atomic E-state index is -0.301. The average molecular weight is 230 g/mol. The van der Waals surface area contributed by atoms with E-state index in [4.69, 9.17) is 4.74 Å². The third-order valence-corrected chi connectivity index (χ3v) is 2.39. The summed E-state index contributed by atoms with van der Waals surface area (Å²) < 4.78 is 4.86. The van der Waals surface area contributed by atoms with Crippen LogP contribution in [0.1, 0.15) is 20.8 Å². The molecule has 0 aromatic rings. The third kappa shape index (κ3) is 4.61. The van der Waals surface area contributed by atoms with Crippen molar-refractivity contribution in [2.75, 3.05) is 33.8 Å². The van der Waals surface area contributed by atoms with Gasteiger partial charge < -0.3 is 9.64 Å². The Morgan fingerprint density at radius 2 is 1.81 bits per heavy atom. The zero-order valence-corrected chi connectivity index (χ0v) is 10.8. The maximum Gasteiger partial charge on any atom is 0.320 e. The molecule has 1 amide bonds. The van der Waals surface area contributed by atoms with Crippen molar-refractivity contribution < 1.29 is 14.3 Å². The van der Waals surface area contributed by atoms with Crippen molar-refractivity contribution in [3.8, 4) is 0 Å². The zero-order chi connectivity index (χ0) is 12.7. The number of nitrogens with zero attached hydrogens (tertiary/aromatic N) is 2. The Morgan fingerprint density at radius 3 is 2.19 bits per heavy atom. The van der Waals surface area contributed by atoms with Crippen molar-refractivity contribution in [1.82, 2.24) is 9.80 Å². The first-order chi connectivity index (χ1) is 7.43. The van der Waals surface area contributed by atoms with E-state index in [9.17, 15) is 9.59 Å². The molecule has 0 spiro atoms. The molecule has 16 heavy (non-hydrogen) atoms. The van der Waals surface area contributed by atoms with Crippen molar-refractivity contribution >= 4 is 11.9 Å². The van der Waals surface area contributed by atoms with Crippen LogP contribution in [0.5, 0.6) is 0 Å². The lowest BCUT2D eigenvalue weighted by atomic mass is 10.2. The molecule has 0 aromatic carbocycles. The van der Waals surface area contributed by atoms with Gasteiger partial charge in [-0.1, -0.05) is 6.92 Å². The SMILES string of the molecule is CCOC(=O)CN(CC)C(C)C(=O)N(C)C. The van der Waals surface area contributed by atoms with Crippen LogP contribution in [0.15, 0.2) is 0 Å². The van der Waals surface area contributed by atoms with E-state index >= 15 is 0 Å². The quantitative estimate of drug-likeness (QED) is 0.618. The molecule has 0 aliphatic carbocycles. The molecule has 0 N–H and O–H groups in total. The van der Waals surface area contributed by atoms with Crippen LogP contribution >= 0.6 is 0 Å². The highest BCUT2D eigenvalue weighted by atomic mass is 16.5. The van der Waals surface area contributed by atoms with Gasteiger partial charge in [-0.2, -0.15) is 0 Å². The van der Waals surface area contributed by atoms with E-state index in [1.165, 1.54) is 4.90 Å². The lowest BCUT2D eigenvalue weighted by Gasteiger charge is -2.27. The number of hydrogen-bond donors (Lipinski definition) is 0. The Balaban J connectivity index is 4.37. The summed E-state index contributed by atoms with van der Waals surface area (Å²) in [4.78, 5) is 26.4. The third-order valence-electron chi connectivity index (χ3n) is 2.39. The highest BCUT2D eigenvalue weighted by Crippen LogP contribution is 2.02. The fraction of sp³-hybridized carbons (Fsp3) is 0.818. The average Bonchev–Trinajstić information content (AvgIpc) is 2.24. The number of likely N-dealkylation sites (N-methyl/N-ethyl adjacent to an activating group) is 2. The van der Waals surface area contributed by atoms with Gasteiger partial charge in [0.25, 0.3) is 0 Å². The summed E-state index contributed by atoms with van der Waals surface area (Å²) in [5, 5.41) is 0. The van der Waals surface area contributed by atoms with E-state index < -0.39 is 0 Å². The van der Waals surface area contributed by atoms with Crippen LogP contribution in [0.25, 0.3) is 0 Å². The predicted octanol–water partition coefficient (Wildman–Crippen LogP) is 0.348. The number of hydrogen-bond acceptors (Lipinski definition) is 4. The fourth-order valence-electron chi connectivity index (χ4n) is 1.42. The Morgan fingerprint density at radius 1 is 1.25 bits per heavy atom. The second-order valence-corrected chi connectivity index (χ2v) is 3.78. The van der Waals surface area contributed by atoms with Gasteiger partial charge in [-0.15, -0.1) is 0 Å². The predicted molar refractivity (Wildman–Crippen MR) is 62.0 cm³/mol. The standard InChI is InChI=1S/C11H22N2O3/c1-6-13(8-10(14)16-7-2)9(3)11(15)12(4)5/h9H,6-8H2,1-5H3. The van der Waals surface area contributed by atoms with Gasteiger partial charge in [0.1, 0.15) is 0 Å². The summed E-state index contributed by atoms with van der Waals surface area (Å²) in [5.74, 6) is -0.297. The van der Waals surface area contributed by atoms with E-state index in [1.54, 1.807) is 32.8 Å². The largest absolute Gasteiger partial charge is 0.465 e. The van der Waals surface area contributed by atoms with Gasteiger partial charge in [0.2, 0.25) is 5.91 Å². The van der Waals surface area contributed by atoms with Crippen LogP contribution in [-0.4, -0.2) is 61.5 Å². The normalized spacial score (nSPS) is 12.4. The molecular formula is C11H22N2O3. The van der Waals surface area contributed by atoms with Crippen LogP contribution in [0.4, 0.5) is 0 Å². The molecule has 0 aliphatic rings. The summed E-state index contributed by atoms with van der Waals surface area (Å²) >= 11 is 0. The van der Waals surface area contributed by atoms with E-state index in [0.717, 1.165) is 0 Å². The first kappa shape index (κ1) is 14.9. The van der Waals surface area contributed by atoms with Gasteiger partial charge in [-0.3, -0.25) is 14.5 Å². The number of amides is 1. The van der Waals surface area contributed by atoms with E-state index in [2.05, 4.69) is 0 Å². The number of carbonyl (C=O) groups is 2. The Labute approximate surface area is 97.3 Å². The Kier molecular flexibility index (Phi) is 6.72. The maximum atomic E-state index is 11.7. The molecule has 0 fully saturated rings. The number of carbonyl (C=O) groups excluding carboxylic acids is 2. The second kappa shape index (κ2) is 7.22. The molecule has 0 rings (SSSR count). The van der Waals surface area contributed by atoms with E-state index in [1.807, 2.05) is 6.92 Å². The lowest BCUT2D eigenvalue weighted by Crippen LogP contribution is -2.46. The van der Waals surface area contributed by atoms with E-state index in [0.29, 0.717) is 13.2 Å². The van der Waals surface area contributed by atoms with Crippen molar-refractivity contribution in [3.63, 3.8) is 0 Å². The molecular weight excluding hydrogens is 208 g/mol. The summed E-state index contributed by atoms with van der Waals surface area (Å²) in [6.45, 7) is 6.64. The molecule has 0 heterocycles. The van der Waals surface area contributed by atoms with Gasteiger partial charge >= 0.3 is 5.97 Å². The van der Waals surface area contributed by atoms with Crippen LogP contribution < -0.4 is 0 Å².